The lowest BCUT2D eigenvalue weighted by atomic mass is 10.0. The van der Waals surface area contributed by atoms with Crippen LogP contribution in [-0.4, -0.2) is 21.7 Å². The van der Waals surface area contributed by atoms with E-state index in [1.54, 1.807) is 38.4 Å². The van der Waals surface area contributed by atoms with E-state index in [9.17, 15) is 9.90 Å². The molecule has 0 saturated heterocycles. The van der Waals surface area contributed by atoms with Gasteiger partial charge in [-0.05, 0) is 26.0 Å². The summed E-state index contributed by atoms with van der Waals surface area (Å²) in [5, 5.41) is 13.8. The van der Waals surface area contributed by atoms with Crippen LogP contribution < -0.4 is 10.4 Å². The summed E-state index contributed by atoms with van der Waals surface area (Å²) in [5.74, 6) is -1.17. The van der Waals surface area contributed by atoms with Crippen LogP contribution >= 0.6 is 12.6 Å². The summed E-state index contributed by atoms with van der Waals surface area (Å²) in [6, 6.07) is 2.52. The summed E-state index contributed by atoms with van der Waals surface area (Å²) in [5.41, 5.74) is 0.682. The van der Waals surface area contributed by atoms with Crippen LogP contribution in [0.1, 0.15) is 13.8 Å². The fourth-order valence-electron chi connectivity index (χ4n) is 1.14. The van der Waals surface area contributed by atoms with Crippen LogP contribution in [0.3, 0.4) is 0 Å². The van der Waals surface area contributed by atoms with Gasteiger partial charge in [-0.25, -0.2) is 0 Å². The zero-order valence-electron chi connectivity index (χ0n) is 8.60. The van der Waals surface area contributed by atoms with E-state index in [1.165, 1.54) is 0 Å². The molecule has 15 heavy (non-hydrogen) atoms. The Morgan fingerprint density at radius 1 is 1.53 bits per heavy atom. The Bertz CT molecular complexity index is 335. The van der Waals surface area contributed by atoms with Gasteiger partial charge in [0, 0.05) is 22.8 Å². The van der Waals surface area contributed by atoms with Crippen LogP contribution in [0.25, 0.3) is 0 Å². The SMILES string of the molecule is CC(C)(S)C(Nc1ccncc1)C(=O)[O-]. The Morgan fingerprint density at radius 2 is 2.07 bits per heavy atom. The molecule has 1 aromatic rings. The van der Waals surface area contributed by atoms with Crippen molar-refractivity contribution in [2.75, 3.05) is 5.32 Å². The third-order valence-corrected chi connectivity index (χ3v) is 2.19. The molecular weight excluding hydrogens is 212 g/mol. The number of aliphatic carboxylic acids is 1. The molecule has 0 aliphatic heterocycles. The third-order valence-electron chi connectivity index (χ3n) is 1.93. The topological polar surface area (TPSA) is 65.0 Å². The predicted molar refractivity (Wildman–Crippen MR) is 59.7 cm³/mol. The number of rotatable bonds is 4. The van der Waals surface area contributed by atoms with Gasteiger partial charge >= 0.3 is 0 Å². The minimum atomic E-state index is -1.17. The number of anilines is 1. The van der Waals surface area contributed by atoms with E-state index in [2.05, 4.69) is 22.9 Å². The summed E-state index contributed by atoms with van der Waals surface area (Å²) in [6.45, 7) is 3.43. The molecule has 0 aliphatic rings. The fourth-order valence-corrected chi connectivity index (χ4v) is 1.31. The highest BCUT2D eigenvalue weighted by Crippen LogP contribution is 2.21. The number of nitrogens with one attached hydrogen (secondary N) is 1. The molecule has 1 aromatic heterocycles. The molecule has 0 aromatic carbocycles. The van der Waals surface area contributed by atoms with Crippen LogP contribution in [0.2, 0.25) is 0 Å². The van der Waals surface area contributed by atoms with Crippen LogP contribution in [0.5, 0.6) is 0 Å². The molecule has 1 rings (SSSR count). The monoisotopic (exact) mass is 225 g/mol. The number of pyridine rings is 1. The van der Waals surface area contributed by atoms with E-state index < -0.39 is 16.8 Å². The maximum atomic E-state index is 10.9. The first-order valence-corrected chi connectivity index (χ1v) is 4.96. The van der Waals surface area contributed by atoms with Gasteiger partial charge in [0.25, 0.3) is 0 Å². The number of hydrogen-bond acceptors (Lipinski definition) is 5. The zero-order chi connectivity index (χ0) is 11.5. The molecule has 0 amide bonds. The van der Waals surface area contributed by atoms with Crippen molar-refractivity contribution >= 4 is 24.3 Å². The Labute approximate surface area is 94.1 Å². The number of hydrogen-bond donors (Lipinski definition) is 2. The Kier molecular flexibility index (Phi) is 3.57. The first-order valence-electron chi connectivity index (χ1n) is 4.51. The summed E-state index contributed by atoms with van der Waals surface area (Å²) < 4.78 is -0.706. The second-order valence-corrected chi connectivity index (χ2v) is 4.94. The van der Waals surface area contributed by atoms with E-state index in [4.69, 9.17) is 0 Å². The van der Waals surface area contributed by atoms with Gasteiger partial charge in [0.05, 0.1) is 12.0 Å². The average Bonchev–Trinajstić information content (AvgIpc) is 2.13. The minimum absolute atomic E-state index is 0.682. The van der Waals surface area contributed by atoms with E-state index in [1.807, 2.05) is 0 Å². The van der Waals surface area contributed by atoms with Crippen molar-refractivity contribution in [3.05, 3.63) is 24.5 Å². The van der Waals surface area contributed by atoms with Gasteiger partial charge in [-0.2, -0.15) is 12.6 Å². The fraction of sp³-hybridized carbons (Fsp3) is 0.400. The number of carboxylic acids is 1. The molecule has 0 fully saturated rings. The Hall–Kier alpha value is -1.23. The van der Waals surface area contributed by atoms with Crippen molar-refractivity contribution in [3.63, 3.8) is 0 Å². The molecule has 0 radical (unpaired) electrons. The Balaban J connectivity index is 2.82. The number of thiol groups is 1. The summed E-state index contributed by atoms with van der Waals surface area (Å²) in [4.78, 5) is 14.7. The average molecular weight is 225 g/mol. The maximum Gasteiger partial charge on any atom is 0.0797 e. The molecule has 82 valence electrons. The summed E-state index contributed by atoms with van der Waals surface area (Å²) >= 11 is 4.22. The molecule has 1 atom stereocenters. The molecular formula is C10H13N2O2S-. The molecule has 1 N–H and O–H groups in total. The van der Waals surface area contributed by atoms with E-state index in [0.29, 0.717) is 5.69 Å². The van der Waals surface area contributed by atoms with Gasteiger partial charge in [-0.15, -0.1) is 0 Å². The standard InChI is InChI=1S/C10H14N2O2S/c1-10(2,15)8(9(13)14)12-7-3-5-11-6-4-7/h3-6,8,15H,1-2H3,(H,11,12)(H,13,14)/p-1. The molecule has 1 unspecified atom stereocenters. The first kappa shape index (κ1) is 11.8. The van der Waals surface area contributed by atoms with Crippen LogP contribution in [0, 0.1) is 0 Å². The lowest BCUT2D eigenvalue weighted by molar-refractivity contribution is -0.307. The highest BCUT2D eigenvalue weighted by molar-refractivity contribution is 7.81. The van der Waals surface area contributed by atoms with E-state index in [-0.39, 0.29) is 0 Å². The molecule has 1 heterocycles. The van der Waals surface area contributed by atoms with Gasteiger partial charge in [0.2, 0.25) is 0 Å². The summed E-state index contributed by atoms with van der Waals surface area (Å²) in [6.07, 6.45) is 3.17. The normalized spacial score (nSPS) is 13.3. The second kappa shape index (κ2) is 4.53. The smallest absolute Gasteiger partial charge is 0.0797 e. The number of aromatic nitrogens is 1. The Morgan fingerprint density at radius 3 is 2.47 bits per heavy atom. The van der Waals surface area contributed by atoms with E-state index >= 15 is 0 Å². The van der Waals surface area contributed by atoms with Gasteiger partial charge in [0.1, 0.15) is 0 Å². The van der Waals surface area contributed by atoms with Crippen molar-refractivity contribution in [1.82, 2.24) is 4.98 Å². The highest BCUT2D eigenvalue weighted by atomic mass is 32.1. The van der Waals surface area contributed by atoms with Crippen molar-refractivity contribution in [1.29, 1.82) is 0 Å². The van der Waals surface area contributed by atoms with Crippen LogP contribution in [-0.2, 0) is 4.79 Å². The molecule has 0 aliphatic carbocycles. The van der Waals surface area contributed by atoms with Gasteiger partial charge in [0.15, 0.2) is 0 Å². The predicted octanol–water partition coefficient (Wildman–Crippen LogP) is 0.320. The quantitative estimate of drug-likeness (QED) is 0.724. The lowest BCUT2D eigenvalue weighted by Crippen LogP contribution is -2.51. The summed E-state index contributed by atoms with van der Waals surface area (Å²) in [7, 11) is 0. The molecule has 0 bridgehead atoms. The third kappa shape index (κ3) is 3.43. The van der Waals surface area contributed by atoms with Crippen molar-refractivity contribution < 1.29 is 9.90 Å². The maximum absolute atomic E-state index is 10.9. The van der Waals surface area contributed by atoms with Crippen LogP contribution in [0.15, 0.2) is 24.5 Å². The zero-order valence-corrected chi connectivity index (χ0v) is 9.49. The van der Waals surface area contributed by atoms with Crippen LogP contribution in [0.4, 0.5) is 5.69 Å². The van der Waals surface area contributed by atoms with Crippen molar-refractivity contribution in [2.45, 2.75) is 24.6 Å². The largest absolute Gasteiger partial charge is 0.548 e. The second-order valence-electron chi connectivity index (χ2n) is 3.79. The number of nitrogens with zero attached hydrogens (tertiary/aromatic N) is 1. The molecule has 5 heteroatoms. The van der Waals surface area contributed by atoms with Crippen molar-refractivity contribution in [2.24, 2.45) is 0 Å². The van der Waals surface area contributed by atoms with Crippen molar-refractivity contribution in [3.8, 4) is 0 Å². The van der Waals surface area contributed by atoms with Gasteiger partial charge in [-0.3, -0.25) is 4.98 Å². The van der Waals surface area contributed by atoms with Gasteiger partial charge in [-0.1, -0.05) is 0 Å². The van der Waals surface area contributed by atoms with E-state index in [0.717, 1.165) is 0 Å². The molecule has 0 saturated carbocycles. The highest BCUT2D eigenvalue weighted by Gasteiger charge is 2.26. The minimum Gasteiger partial charge on any atom is -0.548 e. The first-order chi connectivity index (χ1) is 6.91. The number of carbonyl (C=O) groups excluding carboxylic acids is 1. The lowest BCUT2D eigenvalue weighted by Gasteiger charge is -2.32. The molecule has 0 spiro atoms. The molecule has 4 nitrogen and oxygen atoms in total. The van der Waals surface area contributed by atoms with Gasteiger partial charge < -0.3 is 15.2 Å². The number of carboxylic acid groups (broad SMARTS) is 1. The number of carbonyl (C=O) groups is 1.